The molecule has 1 heteroatoms. The Kier molecular flexibility index (Phi) is 10.5. The number of unbranched alkanes of at least 4 members (excludes halogenated alkanes) is 4. The molecule has 0 aromatic rings. The molecule has 0 saturated carbocycles. The Morgan fingerprint density at radius 3 is 2.38 bits per heavy atom. The highest BCUT2D eigenvalue weighted by molar-refractivity contribution is 9.09. The normalized spacial score (nSPS) is 13.8. The van der Waals surface area contributed by atoms with Gasteiger partial charge in [0.1, 0.15) is 0 Å². The highest BCUT2D eigenvalue weighted by atomic mass is 79.9. The molecule has 0 heterocycles. The van der Waals surface area contributed by atoms with E-state index in [0.717, 1.165) is 6.42 Å². The van der Waals surface area contributed by atoms with Crippen molar-refractivity contribution in [3.8, 4) is 0 Å². The van der Waals surface area contributed by atoms with Crippen molar-refractivity contribution in [2.75, 3.05) is 0 Å². The van der Waals surface area contributed by atoms with Gasteiger partial charge in [0.05, 0.1) is 0 Å². The van der Waals surface area contributed by atoms with Crippen LogP contribution in [0.1, 0.15) is 58.8 Å². The van der Waals surface area contributed by atoms with Gasteiger partial charge in [0.25, 0.3) is 0 Å². The van der Waals surface area contributed by atoms with Crippen LogP contribution in [0.4, 0.5) is 0 Å². The van der Waals surface area contributed by atoms with Crippen LogP contribution in [0.25, 0.3) is 0 Å². The number of hydrogen-bond donors (Lipinski definition) is 0. The minimum absolute atomic E-state index is 0.606. The maximum atomic E-state index is 3.66. The third kappa shape index (κ3) is 10.1. The fourth-order valence-corrected chi connectivity index (χ4v) is 1.86. The van der Waals surface area contributed by atoms with E-state index in [1.807, 2.05) is 0 Å². The van der Waals surface area contributed by atoms with E-state index in [1.165, 1.54) is 38.5 Å². The lowest BCUT2D eigenvalue weighted by molar-refractivity contribution is 0.616. The van der Waals surface area contributed by atoms with Crippen LogP contribution in [0.5, 0.6) is 0 Å². The van der Waals surface area contributed by atoms with Crippen LogP contribution < -0.4 is 0 Å². The van der Waals surface area contributed by atoms with Gasteiger partial charge in [-0.15, -0.1) is 0 Å². The fraction of sp³-hybridized carbons (Fsp3) is 0.833. The smallest absolute Gasteiger partial charge is 0.0325 e. The fourth-order valence-electron chi connectivity index (χ4n) is 1.32. The lowest BCUT2D eigenvalue weighted by Crippen LogP contribution is -1.92. The molecule has 13 heavy (non-hydrogen) atoms. The molecule has 0 amide bonds. The second kappa shape index (κ2) is 10.3. The summed E-state index contributed by atoms with van der Waals surface area (Å²) in [6.07, 6.45) is 13.9. The van der Waals surface area contributed by atoms with Gasteiger partial charge < -0.3 is 0 Å². The van der Waals surface area contributed by atoms with Gasteiger partial charge in [0.2, 0.25) is 0 Å². The Labute approximate surface area is 91.9 Å². The Morgan fingerprint density at radius 2 is 1.77 bits per heavy atom. The first-order valence-electron chi connectivity index (χ1n) is 5.62. The summed E-state index contributed by atoms with van der Waals surface area (Å²) in [7, 11) is 0. The Bertz CT molecular complexity index is 118. The van der Waals surface area contributed by atoms with Crippen molar-refractivity contribution in [1.82, 2.24) is 0 Å². The van der Waals surface area contributed by atoms with Gasteiger partial charge in [0, 0.05) is 4.83 Å². The zero-order chi connectivity index (χ0) is 9.94. The minimum atomic E-state index is 0.606. The molecule has 1 atom stereocenters. The van der Waals surface area contributed by atoms with Crippen LogP contribution >= 0.6 is 15.9 Å². The van der Waals surface area contributed by atoms with Crippen LogP contribution in [0, 0.1) is 0 Å². The lowest BCUT2D eigenvalue weighted by atomic mass is 10.1. The number of allylic oxidation sites excluding steroid dienone is 2. The van der Waals surface area contributed by atoms with Crippen molar-refractivity contribution in [3.63, 3.8) is 0 Å². The first-order chi connectivity index (χ1) is 6.31. The molecule has 78 valence electrons. The summed E-state index contributed by atoms with van der Waals surface area (Å²) >= 11 is 3.66. The Morgan fingerprint density at radius 1 is 1.08 bits per heavy atom. The molecule has 0 fully saturated rings. The first-order valence-corrected chi connectivity index (χ1v) is 6.53. The highest BCUT2D eigenvalue weighted by Gasteiger charge is 1.97. The molecule has 0 rings (SSSR count). The van der Waals surface area contributed by atoms with E-state index < -0.39 is 0 Å². The molecule has 0 radical (unpaired) electrons. The van der Waals surface area contributed by atoms with Crippen molar-refractivity contribution in [3.05, 3.63) is 12.2 Å². The number of alkyl halides is 1. The molecule has 0 aliphatic heterocycles. The third-order valence-corrected chi connectivity index (χ3v) is 2.93. The van der Waals surface area contributed by atoms with E-state index in [1.54, 1.807) is 0 Å². The maximum Gasteiger partial charge on any atom is 0.0325 e. The van der Waals surface area contributed by atoms with Crippen molar-refractivity contribution in [1.29, 1.82) is 0 Å². The summed E-state index contributed by atoms with van der Waals surface area (Å²) in [5, 5.41) is 0. The van der Waals surface area contributed by atoms with E-state index in [-0.39, 0.29) is 0 Å². The van der Waals surface area contributed by atoms with Crippen LogP contribution in [0.2, 0.25) is 0 Å². The van der Waals surface area contributed by atoms with Crippen LogP contribution in [-0.4, -0.2) is 4.83 Å². The Hall–Kier alpha value is 0.220. The third-order valence-electron chi connectivity index (χ3n) is 2.16. The van der Waals surface area contributed by atoms with Gasteiger partial charge >= 0.3 is 0 Å². The molecule has 0 saturated heterocycles. The molecule has 0 spiro atoms. The lowest BCUT2D eigenvalue weighted by Gasteiger charge is -2.03. The molecule has 0 aliphatic carbocycles. The second-order valence-corrected chi connectivity index (χ2v) is 4.73. The maximum absolute atomic E-state index is 3.66. The zero-order valence-electron chi connectivity index (χ0n) is 9.06. The summed E-state index contributed by atoms with van der Waals surface area (Å²) in [6.45, 7) is 4.44. The first kappa shape index (κ1) is 13.2. The van der Waals surface area contributed by atoms with Crippen molar-refractivity contribution in [2.45, 2.75) is 63.6 Å². The molecule has 0 aliphatic rings. The SMILES string of the molecule is CCC=CC(Br)CCCCCCC. The minimum Gasteiger partial charge on any atom is -0.0877 e. The van der Waals surface area contributed by atoms with E-state index >= 15 is 0 Å². The monoisotopic (exact) mass is 246 g/mol. The summed E-state index contributed by atoms with van der Waals surface area (Å²) < 4.78 is 0. The number of hydrogen-bond acceptors (Lipinski definition) is 0. The van der Waals surface area contributed by atoms with Crippen molar-refractivity contribution >= 4 is 15.9 Å². The van der Waals surface area contributed by atoms with E-state index in [0.29, 0.717) is 4.83 Å². The van der Waals surface area contributed by atoms with E-state index in [4.69, 9.17) is 0 Å². The van der Waals surface area contributed by atoms with Gasteiger partial charge in [-0.25, -0.2) is 0 Å². The van der Waals surface area contributed by atoms with Crippen molar-refractivity contribution in [2.24, 2.45) is 0 Å². The predicted molar refractivity (Wildman–Crippen MR) is 65.5 cm³/mol. The molecular formula is C12H23Br. The molecular weight excluding hydrogens is 224 g/mol. The summed E-state index contributed by atoms with van der Waals surface area (Å²) in [4.78, 5) is 0.606. The van der Waals surface area contributed by atoms with Crippen molar-refractivity contribution < 1.29 is 0 Å². The van der Waals surface area contributed by atoms with Gasteiger partial charge in [-0.2, -0.15) is 0 Å². The predicted octanol–water partition coefficient (Wildman–Crippen LogP) is 5.08. The quantitative estimate of drug-likeness (QED) is 0.319. The van der Waals surface area contributed by atoms with Crippen LogP contribution in [0.3, 0.4) is 0 Å². The highest BCUT2D eigenvalue weighted by Crippen LogP contribution is 2.13. The van der Waals surface area contributed by atoms with E-state index in [9.17, 15) is 0 Å². The van der Waals surface area contributed by atoms with Gasteiger partial charge in [-0.1, -0.05) is 74.0 Å². The summed E-state index contributed by atoms with van der Waals surface area (Å²) in [5.74, 6) is 0. The molecule has 0 N–H and O–H groups in total. The van der Waals surface area contributed by atoms with Crippen LogP contribution in [-0.2, 0) is 0 Å². The Balaban J connectivity index is 3.16. The standard InChI is InChI=1S/C12H23Br/c1-3-5-7-8-9-11-12(13)10-6-4-2/h6,10,12H,3-5,7-9,11H2,1-2H3. The zero-order valence-corrected chi connectivity index (χ0v) is 10.6. The molecule has 0 aromatic heterocycles. The number of rotatable bonds is 8. The largest absolute Gasteiger partial charge is 0.0877 e. The topological polar surface area (TPSA) is 0 Å². The summed E-state index contributed by atoms with van der Waals surface area (Å²) in [5.41, 5.74) is 0. The van der Waals surface area contributed by atoms with Crippen LogP contribution in [0.15, 0.2) is 12.2 Å². The van der Waals surface area contributed by atoms with E-state index in [2.05, 4.69) is 41.9 Å². The average molecular weight is 247 g/mol. The average Bonchev–Trinajstić information content (AvgIpc) is 2.14. The summed E-state index contributed by atoms with van der Waals surface area (Å²) in [6, 6.07) is 0. The molecule has 0 aromatic carbocycles. The molecule has 1 unspecified atom stereocenters. The molecule has 0 bridgehead atoms. The molecule has 0 nitrogen and oxygen atoms in total. The number of halogens is 1. The van der Waals surface area contributed by atoms with Gasteiger partial charge in [-0.3, -0.25) is 0 Å². The van der Waals surface area contributed by atoms with Gasteiger partial charge in [-0.05, 0) is 12.8 Å². The second-order valence-electron chi connectivity index (χ2n) is 3.56. The van der Waals surface area contributed by atoms with Gasteiger partial charge in [0.15, 0.2) is 0 Å².